The first-order chi connectivity index (χ1) is 20.3. The molecule has 2 aromatic carbocycles. The average molecular weight is 601 g/mol. The van der Waals surface area contributed by atoms with Crippen LogP contribution in [0.25, 0.3) is 11.3 Å². The summed E-state index contributed by atoms with van der Waals surface area (Å²) in [6.07, 6.45) is 2.19. The number of hydrogen-bond donors (Lipinski definition) is 2. The van der Waals surface area contributed by atoms with Crippen LogP contribution in [0.5, 0.6) is 5.88 Å². The molecule has 1 atom stereocenters. The predicted molar refractivity (Wildman–Crippen MR) is 166 cm³/mol. The molecule has 0 aliphatic carbocycles. The van der Waals surface area contributed by atoms with Gasteiger partial charge in [-0.3, -0.25) is 4.79 Å². The Hall–Kier alpha value is -4.51. The normalized spacial score (nSPS) is 16.7. The Morgan fingerprint density at radius 3 is 2.44 bits per heavy atom. The molecule has 1 aliphatic rings. The first-order valence-corrected chi connectivity index (χ1v) is 15.5. The van der Waals surface area contributed by atoms with E-state index >= 15 is 0 Å². The van der Waals surface area contributed by atoms with Crippen LogP contribution in [0.15, 0.2) is 71.8 Å². The fourth-order valence-corrected chi connectivity index (χ4v) is 6.33. The van der Waals surface area contributed by atoms with Crippen molar-refractivity contribution in [3.63, 3.8) is 0 Å². The highest BCUT2D eigenvalue weighted by atomic mass is 32.2. The minimum Gasteiger partial charge on any atom is -0.475 e. The summed E-state index contributed by atoms with van der Waals surface area (Å²) in [7, 11) is -4.15. The number of nitrogen functional groups attached to an aromatic ring is 1. The molecule has 2 aromatic heterocycles. The lowest BCUT2D eigenvalue weighted by Gasteiger charge is -2.36. The molecule has 224 valence electrons. The van der Waals surface area contributed by atoms with E-state index < -0.39 is 16.1 Å². The van der Waals surface area contributed by atoms with Gasteiger partial charge in [-0.15, -0.1) is 0 Å². The highest BCUT2D eigenvalue weighted by Gasteiger charge is 2.31. The standard InChI is InChI=1S/C32H36N6O4S/c1-20-8-6-9-21(2)29(20)26-16-28-36-31(35-26)37-43(40,41)25-11-7-10-23(15-25)30(39)38(18-22-12-13-34-27(33)14-22)24(19-42-28)17-32(3,4)5/h6-16,24H,17-19H2,1-5H3,(H2,33,34)(H,35,36,37)/t24-/m1/s1. The molecule has 3 heterocycles. The molecular formula is C32H36N6O4S. The number of nitrogens with two attached hydrogens (primary N) is 1. The molecule has 4 aromatic rings. The van der Waals surface area contributed by atoms with Crippen LogP contribution in [-0.2, 0) is 16.6 Å². The van der Waals surface area contributed by atoms with Crippen molar-refractivity contribution in [3.8, 4) is 17.1 Å². The number of aryl methyl sites for hydroxylation is 2. The maximum Gasteiger partial charge on any atom is 0.264 e. The number of ether oxygens (including phenoxy) is 1. The summed E-state index contributed by atoms with van der Waals surface area (Å²) in [5.41, 5.74) is 10.1. The fraction of sp³-hybridized carbons (Fsp3) is 0.312. The lowest BCUT2D eigenvalue weighted by molar-refractivity contribution is 0.0513. The number of nitrogens with zero attached hydrogens (tertiary/aromatic N) is 4. The summed E-state index contributed by atoms with van der Waals surface area (Å²) >= 11 is 0. The van der Waals surface area contributed by atoms with Crippen LogP contribution in [0, 0.1) is 19.3 Å². The van der Waals surface area contributed by atoms with Crippen molar-refractivity contribution < 1.29 is 17.9 Å². The largest absolute Gasteiger partial charge is 0.475 e. The number of pyridine rings is 1. The molecular weight excluding hydrogens is 564 g/mol. The van der Waals surface area contributed by atoms with E-state index in [9.17, 15) is 13.2 Å². The molecule has 4 bridgehead atoms. The lowest BCUT2D eigenvalue weighted by atomic mass is 9.87. The van der Waals surface area contributed by atoms with Crippen LogP contribution in [0.1, 0.15) is 54.2 Å². The number of carbonyl (C=O) groups excluding carboxylic acids is 1. The minimum atomic E-state index is -4.15. The van der Waals surface area contributed by atoms with Gasteiger partial charge in [0, 0.05) is 29.9 Å². The minimum absolute atomic E-state index is 0.0818. The number of amides is 1. The smallest absolute Gasteiger partial charge is 0.264 e. The monoisotopic (exact) mass is 600 g/mol. The third-order valence-corrected chi connectivity index (χ3v) is 8.55. The number of benzene rings is 2. The molecule has 0 fully saturated rings. The lowest BCUT2D eigenvalue weighted by Crippen LogP contribution is -2.45. The van der Waals surface area contributed by atoms with E-state index in [-0.39, 0.29) is 46.8 Å². The molecule has 3 N–H and O–H groups in total. The zero-order chi connectivity index (χ0) is 30.9. The van der Waals surface area contributed by atoms with Gasteiger partial charge in [0.15, 0.2) is 0 Å². The van der Waals surface area contributed by atoms with Gasteiger partial charge < -0.3 is 15.4 Å². The summed E-state index contributed by atoms with van der Waals surface area (Å²) < 4.78 is 35.9. The quantitative estimate of drug-likeness (QED) is 0.318. The van der Waals surface area contributed by atoms with Crippen LogP contribution >= 0.6 is 0 Å². The molecule has 0 radical (unpaired) electrons. The van der Waals surface area contributed by atoms with Crippen LogP contribution in [0.2, 0.25) is 0 Å². The molecule has 10 nitrogen and oxygen atoms in total. The fourth-order valence-electron chi connectivity index (χ4n) is 5.34. The van der Waals surface area contributed by atoms with Gasteiger partial charge in [0.05, 0.1) is 16.6 Å². The van der Waals surface area contributed by atoms with E-state index in [0.29, 0.717) is 17.9 Å². The van der Waals surface area contributed by atoms with Crippen molar-refractivity contribution in [3.05, 3.63) is 89.1 Å². The number of hydrogen-bond acceptors (Lipinski definition) is 8. The zero-order valence-electron chi connectivity index (χ0n) is 25.0. The highest BCUT2D eigenvalue weighted by Crippen LogP contribution is 2.31. The number of rotatable bonds is 4. The van der Waals surface area contributed by atoms with Crippen molar-refractivity contribution in [1.29, 1.82) is 0 Å². The summed E-state index contributed by atoms with van der Waals surface area (Å²) in [6, 6.07) is 16.7. The zero-order valence-corrected chi connectivity index (χ0v) is 25.8. The molecule has 0 unspecified atom stereocenters. The van der Waals surface area contributed by atoms with E-state index in [1.807, 2.05) is 32.0 Å². The SMILES string of the molecule is Cc1cccc(C)c1-c1cc2nc(n1)NS(=O)(=O)c1cccc(c1)C(=O)N(Cc1ccnc(N)c1)[C@H](CC(C)(C)C)CO2. The van der Waals surface area contributed by atoms with Crippen molar-refractivity contribution >= 4 is 27.7 Å². The maximum absolute atomic E-state index is 14.2. The van der Waals surface area contributed by atoms with Gasteiger partial charge in [-0.1, -0.05) is 45.0 Å². The molecule has 1 amide bonds. The van der Waals surface area contributed by atoms with E-state index in [4.69, 9.17) is 10.5 Å². The van der Waals surface area contributed by atoms with Crippen LogP contribution in [0.3, 0.4) is 0 Å². The first-order valence-electron chi connectivity index (χ1n) is 14.0. The number of fused-ring (bicyclic) bond motifs is 4. The molecule has 5 rings (SSSR count). The van der Waals surface area contributed by atoms with Crippen molar-refractivity contribution in [2.45, 2.75) is 58.5 Å². The predicted octanol–water partition coefficient (Wildman–Crippen LogP) is 5.38. The number of anilines is 2. The average Bonchev–Trinajstić information content (AvgIpc) is 2.92. The third kappa shape index (κ3) is 6.94. The van der Waals surface area contributed by atoms with Crippen molar-refractivity contribution in [1.82, 2.24) is 19.9 Å². The third-order valence-electron chi connectivity index (χ3n) is 7.23. The number of nitrogens with one attached hydrogen (secondary N) is 1. The second kappa shape index (κ2) is 11.6. The van der Waals surface area contributed by atoms with E-state index in [0.717, 1.165) is 22.3 Å². The summed E-state index contributed by atoms with van der Waals surface area (Å²) in [5, 5.41) is 0. The van der Waals surface area contributed by atoms with Gasteiger partial charge in [0.25, 0.3) is 15.9 Å². The van der Waals surface area contributed by atoms with Crippen molar-refractivity contribution in [2.75, 3.05) is 17.1 Å². The van der Waals surface area contributed by atoms with Gasteiger partial charge in [0.2, 0.25) is 11.8 Å². The van der Waals surface area contributed by atoms with E-state index in [2.05, 4.69) is 40.4 Å². The molecule has 0 spiro atoms. The first kappa shape index (κ1) is 30.0. The van der Waals surface area contributed by atoms with Gasteiger partial charge >= 0.3 is 0 Å². The van der Waals surface area contributed by atoms with E-state index in [1.54, 1.807) is 41.4 Å². The Bertz CT molecular complexity index is 1760. The Kier molecular flexibility index (Phi) is 8.11. The van der Waals surface area contributed by atoms with Gasteiger partial charge in [0.1, 0.15) is 12.4 Å². The topological polar surface area (TPSA) is 140 Å². The molecule has 0 saturated carbocycles. The summed E-state index contributed by atoms with van der Waals surface area (Å²) in [5.74, 6) is 0.0723. The molecule has 11 heteroatoms. The van der Waals surface area contributed by atoms with E-state index in [1.165, 1.54) is 12.1 Å². The maximum atomic E-state index is 14.2. The van der Waals surface area contributed by atoms with Crippen molar-refractivity contribution in [2.24, 2.45) is 5.41 Å². The van der Waals surface area contributed by atoms with Crippen LogP contribution < -0.4 is 15.2 Å². The number of sulfonamides is 1. The second-order valence-corrected chi connectivity index (χ2v) is 13.7. The molecule has 43 heavy (non-hydrogen) atoms. The van der Waals surface area contributed by atoms with Crippen LogP contribution in [0.4, 0.5) is 11.8 Å². The summed E-state index contributed by atoms with van der Waals surface area (Å²) in [6.45, 7) is 10.6. The Morgan fingerprint density at radius 2 is 1.74 bits per heavy atom. The van der Waals surface area contributed by atoms with Gasteiger partial charge in [-0.2, -0.15) is 4.98 Å². The molecule has 0 saturated heterocycles. The molecule has 1 aliphatic heterocycles. The number of carbonyl (C=O) groups is 1. The van der Waals surface area contributed by atoms with Crippen LogP contribution in [-0.4, -0.2) is 46.8 Å². The highest BCUT2D eigenvalue weighted by molar-refractivity contribution is 7.92. The van der Waals surface area contributed by atoms with Gasteiger partial charge in [-0.05, 0) is 72.7 Å². The van der Waals surface area contributed by atoms with Gasteiger partial charge in [-0.25, -0.2) is 23.1 Å². The Morgan fingerprint density at radius 1 is 1.02 bits per heavy atom. The summed E-state index contributed by atoms with van der Waals surface area (Å²) in [4.78, 5) is 28.9. The second-order valence-electron chi connectivity index (χ2n) is 12.1. The number of aromatic nitrogens is 3. The Balaban J connectivity index is 1.68. The Labute approximate surface area is 252 Å².